The van der Waals surface area contributed by atoms with Gasteiger partial charge in [-0.15, -0.1) is 0 Å². The summed E-state index contributed by atoms with van der Waals surface area (Å²) in [7, 11) is 0. The number of nitrogens with zero attached hydrogens (tertiary/aromatic N) is 1. The smallest absolute Gasteiger partial charge is 0.268 e. The summed E-state index contributed by atoms with van der Waals surface area (Å²) in [6.07, 6.45) is 5.74. The number of benzene rings is 1. The van der Waals surface area contributed by atoms with Crippen molar-refractivity contribution in [3.63, 3.8) is 0 Å². The van der Waals surface area contributed by atoms with E-state index in [0.29, 0.717) is 0 Å². The zero-order valence-electron chi connectivity index (χ0n) is 11.3. The lowest BCUT2D eigenvalue weighted by Gasteiger charge is -2.09. The van der Waals surface area contributed by atoms with Crippen LogP contribution < -0.4 is 0 Å². The summed E-state index contributed by atoms with van der Waals surface area (Å²) in [4.78, 5) is 11.9. The summed E-state index contributed by atoms with van der Waals surface area (Å²) in [5, 5.41) is 0. The second kappa shape index (κ2) is 6.45. The van der Waals surface area contributed by atoms with Crippen molar-refractivity contribution in [2.75, 3.05) is 0 Å². The van der Waals surface area contributed by atoms with E-state index >= 15 is 0 Å². The van der Waals surface area contributed by atoms with E-state index in [1.165, 1.54) is 4.31 Å². The van der Waals surface area contributed by atoms with Crippen molar-refractivity contribution < 1.29 is 4.79 Å². The van der Waals surface area contributed by atoms with Crippen molar-refractivity contribution in [3.05, 3.63) is 53.1 Å². The summed E-state index contributed by atoms with van der Waals surface area (Å²) >= 11 is 4.23. The van der Waals surface area contributed by atoms with Crippen LogP contribution in [0.25, 0.3) is 5.70 Å². The molecule has 1 amide bonds. The minimum atomic E-state index is -0.0576. The molecule has 1 aromatic carbocycles. The lowest BCUT2D eigenvalue weighted by molar-refractivity contribution is 0.0925. The number of rotatable bonds is 1. The molecule has 0 spiro atoms. The van der Waals surface area contributed by atoms with Crippen LogP contribution in [-0.2, 0) is 0 Å². The molecule has 1 aromatic rings. The Hall–Kier alpha value is -1.48. The van der Waals surface area contributed by atoms with Gasteiger partial charge in [0.05, 0.1) is 11.3 Å². The fourth-order valence-electron chi connectivity index (χ4n) is 1.86. The molecular formula is C15H19NOS. The minimum absolute atomic E-state index is 0.0576. The molecule has 0 aliphatic carbocycles. The van der Waals surface area contributed by atoms with Gasteiger partial charge in [-0.05, 0) is 31.6 Å². The van der Waals surface area contributed by atoms with Crippen LogP contribution in [0.4, 0.5) is 0 Å². The fourth-order valence-corrected chi connectivity index (χ4v) is 2.13. The molecule has 1 aliphatic rings. The van der Waals surface area contributed by atoms with E-state index in [4.69, 9.17) is 0 Å². The van der Waals surface area contributed by atoms with Gasteiger partial charge in [0, 0.05) is 5.56 Å². The molecule has 1 aliphatic heterocycles. The van der Waals surface area contributed by atoms with Crippen LogP contribution in [0.15, 0.2) is 36.4 Å². The third kappa shape index (κ3) is 2.51. The van der Waals surface area contributed by atoms with Crippen LogP contribution in [-0.4, -0.2) is 10.2 Å². The third-order valence-corrected chi connectivity index (χ3v) is 3.02. The van der Waals surface area contributed by atoms with Crippen molar-refractivity contribution in [1.29, 1.82) is 0 Å². The lowest BCUT2D eigenvalue weighted by atomic mass is 10.0. The van der Waals surface area contributed by atoms with Crippen LogP contribution in [0.3, 0.4) is 0 Å². The second-order valence-electron chi connectivity index (χ2n) is 3.69. The van der Waals surface area contributed by atoms with E-state index in [1.54, 1.807) is 0 Å². The van der Waals surface area contributed by atoms with Gasteiger partial charge in [0.25, 0.3) is 5.91 Å². The summed E-state index contributed by atoms with van der Waals surface area (Å²) in [5.74, 6) is -0.0576. The normalized spacial score (nSPS) is 15.9. The van der Waals surface area contributed by atoms with Gasteiger partial charge in [-0.25, -0.2) is 0 Å². The summed E-state index contributed by atoms with van der Waals surface area (Å²) in [5.41, 5.74) is 3.66. The van der Waals surface area contributed by atoms with Gasteiger partial charge in [-0.1, -0.05) is 50.9 Å². The van der Waals surface area contributed by atoms with Gasteiger partial charge in [-0.2, -0.15) is 0 Å². The van der Waals surface area contributed by atoms with Crippen LogP contribution >= 0.6 is 12.8 Å². The Kier molecular flexibility index (Phi) is 5.23. The van der Waals surface area contributed by atoms with Crippen LogP contribution in [0.2, 0.25) is 0 Å². The number of allylic oxidation sites excluding steroid dienone is 3. The molecule has 2 rings (SSSR count). The van der Waals surface area contributed by atoms with Gasteiger partial charge >= 0.3 is 0 Å². The van der Waals surface area contributed by atoms with Gasteiger partial charge < -0.3 is 0 Å². The third-order valence-electron chi connectivity index (χ3n) is 2.63. The van der Waals surface area contributed by atoms with Gasteiger partial charge in [-0.3, -0.25) is 9.10 Å². The van der Waals surface area contributed by atoms with Crippen LogP contribution in [0.5, 0.6) is 0 Å². The molecule has 18 heavy (non-hydrogen) atoms. The maximum Gasteiger partial charge on any atom is 0.268 e. The highest BCUT2D eigenvalue weighted by atomic mass is 32.1. The molecule has 0 unspecified atom stereocenters. The number of amides is 1. The first-order valence-electron chi connectivity index (χ1n) is 6.13. The number of aryl methyl sites for hydroxylation is 1. The molecule has 0 saturated heterocycles. The highest BCUT2D eigenvalue weighted by Gasteiger charge is 2.30. The first kappa shape index (κ1) is 14.6. The Bertz CT molecular complexity index is 503. The quantitative estimate of drug-likeness (QED) is 0.750. The molecule has 0 radical (unpaired) electrons. The molecule has 0 aromatic heterocycles. The van der Waals surface area contributed by atoms with E-state index in [9.17, 15) is 4.79 Å². The molecule has 0 bridgehead atoms. The number of carbonyl (C=O) groups is 1. The van der Waals surface area contributed by atoms with Crippen molar-refractivity contribution in [1.82, 2.24) is 4.31 Å². The van der Waals surface area contributed by atoms with Gasteiger partial charge in [0.1, 0.15) is 0 Å². The predicted octanol–water partition coefficient (Wildman–Crippen LogP) is 4.24. The fraction of sp³-hybridized carbons (Fsp3) is 0.267. The monoisotopic (exact) mass is 261 g/mol. The number of hydrogen-bond donors (Lipinski definition) is 1. The largest absolute Gasteiger partial charge is 0.268 e. The molecule has 0 atom stereocenters. The van der Waals surface area contributed by atoms with E-state index in [1.807, 2.05) is 64.1 Å². The van der Waals surface area contributed by atoms with Crippen molar-refractivity contribution >= 4 is 24.4 Å². The van der Waals surface area contributed by atoms with Crippen molar-refractivity contribution in [2.24, 2.45) is 0 Å². The van der Waals surface area contributed by atoms with Crippen molar-refractivity contribution in [3.8, 4) is 0 Å². The van der Waals surface area contributed by atoms with Gasteiger partial charge in [0.2, 0.25) is 0 Å². The van der Waals surface area contributed by atoms with Crippen LogP contribution in [0.1, 0.15) is 42.3 Å². The van der Waals surface area contributed by atoms with E-state index in [2.05, 4.69) is 12.8 Å². The molecule has 0 fully saturated rings. The Morgan fingerprint density at radius 2 is 1.94 bits per heavy atom. The summed E-state index contributed by atoms with van der Waals surface area (Å²) < 4.78 is 1.40. The molecule has 1 heterocycles. The lowest BCUT2D eigenvalue weighted by Crippen LogP contribution is -2.10. The molecule has 96 valence electrons. The Morgan fingerprint density at radius 1 is 1.28 bits per heavy atom. The Labute approximate surface area is 115 Å². The SMILES string of the molecule is C/C=C\C=C1/c2c(C)cccc2C(=O)N1S.CC. The first-order valence-corrected chi connectivity index (χ1v) is 6.53. The second-order valence-corrected chi connectivity index (χ2v) is 4.09. The predicted molar refractivity (Wildman–Crippen MR) is 80.5 cm³/mol. The van der Waals surface area contributed by atoms with E-state index in [0.717, 1.165) is 22.4 Å². The minimum Gasteiger partial charge on any atom is -0.268 e. The topological polar surface area (TPSA) is 20.3 Å². The van der Waals surface area contributed by atoms with Crippen LogP contribution in [0, 0.1) is 6.92 Å². The van der Waals surface area contributed by atoms with Crippen molar-refractivity contribution in [2.45, 2.75) is 27.7 Å². The number of hydrogen-bond acceptors (Lipinski definition) is 2. The standard InChI is InChI=1S/C13H13NOS.C2H6/c1-3-4-8-11-12-9(2)6-5-7-10(12)13(15)14(11)16;1-2/h3-8,16H,1-2H3;1-2H3/b4-3-,11-8+;. The van der Waals surface area contributed by atoms with Gasteiger partial charge in [0.15, 0.2) is 0 Å². The number of fused-ring (bicyclic) bond motifs is 1. The number of thiol groups is 1. The molecule has 2 nitrogen and oxygen atoms in total. The average Bonchev–Trinajstić information content (AvgIpc) is 2.64. The van der Waals surface area contributed by atoms with E-state index in [-0.39, 0.29) is 5.91 Å². The Balaban J connectivity index is 0.000000771. The average molecular weight is 261 g/mol. The zero-order chi connectivity index (χ0) is 13.7. The highest BCUT2D eigenvalue weighted by Crippen LogP contribution is 2.35. The maximum atomic E-state index is 11.9. The zero-order valence-corrected chi connectivity index (χ0v) is 12.2. The summed E-state index contributed by atoms with van der Waals surface area (Å²) in [6.45, 7) is 7.94. The molecular weight excluding hydrogens is 242 g/mol. The first-order chi connectivity index (χ1) is 8.66. The molecule has 0 saturated carbocycles. The maximum absolute atomic E-state index is 11.9. The molecule has 3 heteroatoms. The van der Waals surface area contributed by atoms with E-state index < -0.39 is 0 Å². The molecule has 0 N–H and O–H groups in total. The number of carbonyl (C=O) groups excluding carboxylic acids is 1. The summed E-state index contributed by atoms with van der Waals surface area (Å²) in [6, 6.07) is 5.74. The highest BCUT2D eigenvalue weighted by molar-refractivity contribution is 7.78. The Morgan fingerprint density at radius 3 is 2.56 bits per heavy atom.